The van der Waals surface area contributed by atoms with Crippen molar-refractivity contribution >= 4 is 72.9 Å². The van der Waals surface area contributed by atoms with Gasteiger partial charge in [0, 0.05) is 55.7 Å². The molecule has 0 saturated carbocycles. The van der Waals surface area contributed by atoms with Crippen LogP contribution in [0.3, 0.4) is 0 Å². The van der Waals surface area contributed by atoms with Crippen molar-refractivity contribution in [1.82, 2.24) is 4.57 Å². The molecule has 0 amide bonds. The quantitative estimate of drug-likeness (QED) is 0.151. The van der Waals surface area contributed by atoms with Crippen molar-refractivity contribution in [3.63, 3.8) is 0 Å². The van der Waals surface area contributed by atoms with Gasteiger partial charge in [-0.05, 0) is 79.9 Å². The lowest BCUT2D eigenvalue weighted by atomic mass is 9.42. The van der Waals surface area contributed by atoms with Crippen molar-refractivity contribution in [3.8, 4) is 16.8 Å². The van der Waals surface area contributed by atoms with Crippen LogP contribution in [0.1, 0.15) is 77.6 Å². The second-order valence-corrected chi connectivity index (χ2v) is 17.8. The molecule has 0 unspecified atom stereocenters. The van der Waals surface area contributed by atoms with E-state index in [0.717, 1.165) is 11.2 Å². The molecular weight excluding hydrogens is 619 g/mol. The van der Waals surface area contributed by atoms with Gasteiger partial charge >= 0.3 is 6.85 Å². The van der Waals surface area contributed by atoms with Crippen LogP contribution >= 0.6 is 0 Å². The summed E-state index contributed by atoms with van der Waals surface area (Å²) in [6, 6.07) is 39.3. The molecule has 11 rings (SSSR count). The summed E-state index contributed by atoms with van der Waals surface area (Å²) in [6.07, 6.45) is 0. The van der Waals surface area contributed by atoms with Crippen LogP contribution in [0.5, 0.6) is 0 Å². The average molecular weight is 661 g/mol. The van der Waals surface area contributed by atoms with E-state index in [1.807, 2.05) is 0 Å². The fourth-order valence-corrected chi connectivity index (χ4v) is 9.85. The van der Waals surface area contributed by atoms with Gasteiger partial charge in [-0.25, -0.2) is 0 Å². The number of hydrogen-bond donors (Lipinski definition) is 0. The number of hydrogen-bond acceptors (Lipinski definition) is 2. The molecule has 51 heavy (non-hydrogen) atoms. The molecule has 2 aromatic heterocycles. The zero-order valence-corrected chi connectivity index (χ0v) is 30.7. The van der Waals surface area contributed by atoms with Gasteiger partial charge in [-0.1, -0.05) is 122 Å². The average Bonchev–Trinajstić information content (AvgIpc) is 3.64. The topological polar surface area (TPSA) is 21.3 Å². The van der Waals surface area contributed by atoms with Crippen LogP contribution in [-0.2, 0) is 16.2 Å². The lowest BCUT2D eigenvalue weighted by Crippen LogP contribution is -2.62. The normalized spacial score (nSPS) is 15.5. The van der Waals surface area contributed by atoms with Crippen molar-refractivity contribution in [2.75, 3.05) is 4.81 Å². The molecule has 0 bridgehead atoms. The fraction of sp³-hybridized carbons (Fsp3) is 0.234. The van der Waals surface area contributed by atoms with E-state index >= 15 is 0 Å². The third kappa shape index (κ3) is 3.56. The van der Waals surface area contributed by atoms with Gasteiger partial charge in [0.25, 0.3) is 0 Å². The molecule has 0 fully saturated rings. The number of rotatable bonds is 0. The Morgan fingerprint density at radius 1 is 0.627 bits per heavy atom. The Balaban J connectivity index is 1.41. The maximum absolute atomic E-state index is 6.80. The van der Waals surface area contributed by atoms with Gasteiger partial charge < -0.3 is 13.8 Å². The Bertz CT molecular complexity index is 2870. The molecule has 3 aliphatic rings. The van der Waals surface area contributed by atoms with Crippen molar-refractivity contribution in [2.24, 2.45) is 0 Å². The van der Waals surface area contributed by atoms with E-state index in [1.165, 1.54) is 93.9 Å². The molecule has 0 aliphatic carbocycles. The highest BCUT2D eigenvalue weighted by Crippen LogP contribution is 2.56. The second kappa shape index (κ2) is 9.17. The highest BCUT2D eigenvalue weighted by atomic mass is 16.3. The number of aromatic nitrogens is 1. The Morgan fingerprint density at radius 3 is 2.16 bits per heavy atom. The van der Waals surface area contributed by atoms with Crippen molar-refractivity contribution in [3.05, 3.63) is 125 Å². The molecule has 3 nitrogen and oxygen atoms in total. The summed E-state index contributed by atoms with van der Waals surface area (Å²) in [5, 5.41) is 5.05. The summed E-state index contributed by atoms with van der Waals surface area (Å²) < 4.78 is 9.38. The molecule has 3 aliphatic heterocycles. The monoisotopic (exact) mass is 660 g/mol. The second-order valence-electron chi connectivity index (χ2n) is 17.8. The SMILES string of the molecule is CC(C)(C)c1ccc2c(c1)c1cc(C(C)(C)C)cc3c1n2-c1cc2oc4ccccc4c2c2c1B3N1c3ccccc3C(C)(C)c3cccc-2c31. The van der Waals surface area contributed by atoms with Gasteiger partial charge in [0.2, 0.25) is 0 Å². The minimum atomic E-state index is -0.166. The maximum Gasteiger partial charge on any atom is 0.333 e. The van der Waals surface area contributed by atoms with Gasteiger partial charge in [0.05, 0.1) is 11.0 Å². The fourth-order valence-electron chi connectivity index (χ4n) is 9.85. The smallest absolute Gasteiger partial charge is 0.333 e. The molecule has 248 valence electrons. The summed E-state index contributed by atoms with van der Waals surface area (Å²) in [5.41, 5.74) is 19.0. The van der Waals surface area contributed by atoms with Crippen LogP contribution < -0.4 is 15.7 Å². The molecule has 5 heterocycles. The van der Waals surface area contributed by atoms with Crippen LogP contribution in [0.4, 0.5) is 11.4 Å². The van der Waals surface area contributed by atoms with Crippen molar-refractivity contribution in [2.45, 2.75) is 71.6 Å². The van der Waals surface area contributed by atoms with E-state index in [-0.39, 0.29) is 23.1 Å². The summed E-state index contributed by atoms with van der Waals surface area (Å²) in [7, 11) is 0. The summed E-state index contributed by atoms with van der Waals surface area (Å²) >= 11 is 0. The van der Waals surface area contributed by atoms with E-state index in [2.05, 4.69) is 168 Å². The number of nitrogens with zero attached hydrogens (tertiary/aromatic N) is 2. The lowest BCUT2D eigenvalue weighted by molar-refractivity contribution is 0.590. The Kier molecular flexibility index (Phi) is 5.30. The molecular formula is C47H41BN2O. The van der Waals surface area contributed by atoms with Gasteiger partial charge in [-0.3, -0.25) is 0 Å². The van der Waals surface area contributed by atoms with Crippen LogP contribution in [0.2, 0.25) is 0 Å². The number of anilines is 2. The lowest BCUT2D eigenvalue weighted by Gasteiger charge is -2.49. The Morgan fingerprint density at radius 2 is 1.35 bits per heavy atom. The summed E-state index contributed by atoms with van der Waals surface area (Å²) in [5.74, 6) is 0. The number of para-hydroxylation sites is 3. The van der Waals surface area contributed by atoms with Gasteiger partial charge in [-0.15, -0.1) is 0 Å². The van der Waals surface area contributed by atoms with Gasteiger partial charge in [-0.2, -0.15) is 0 Å². The molecule has 6 aromatic carbocycles. The zero-order chi connectivity index (χ0) is 34.9. The zero-order valence-electron chi connectivity index (χ0n) is 30.7. The van der Waals surface area contributed by atoms with E-state index in [9.17, 15) is 0 Å². The largest absolute Gasteiger partial charge is 0.456 e. The highest BCUT2D eigenvalue weighted by molar-refractivity contribution is 6.94. The highest BCUT2D eigenvalue weighted by Gasteiger charge is 2.50. The van der Waals surface area contributed by atoms with E-state index < -0.39 is 0 Å². The number of benzene rings is 6. The van der Waals surface area contributed by atoms with Crippen LogP contribution in [-0.4, -0.2) is 11.4 Å². The van der Waals surface area contributed by atoms with Gasteiger partial charge in [0.1, 0.15) is 11.2 Å². The van der Waals surface area contributed by atoms with E-state index in [1.54, 1.807) is 0 Å². The standard InChI is InChI=1S/C47H41BN2O/c1-45(2,3)26-20-21-35-30(22-26)31-23-27(46(4,5)6)24-34-44(31)49(35)37-25-39-40(28-14-9-12-19-38(28)51-39)41-29-15-13-17-33-43(29)50(48(34)42(37)41)36-18-11-10-16-32(36)47(33,7)8/h9-25H,1-8H3. The third-order valence-corrected chi connectivity index (χ3v) is 12.4. The van der Waals surface area contributed by atoms with Crippen LogP contribution in [0.15, 0.2) is 108 Å². The minimum Gasteiger partial charge on any atom is -0.456 e. The molecule has 8 aromatic rings. The van der Waals surface area contributed by atoms with E-state index in [4.69, 9.17) is 4.42 Å². The first kappa shape index (κ1) is 29.5. The van der Waals surface area contributed by atoms with E-state index in [0.29, 0.717) is 0 Å². The summed E-state index contributed by atoms with van der Waals surface area (Å²) in [6.45, 7) is 18.8. The Hall–Kier alpha value is -5.22. The molecule has 0 atom stereocenters. The predicted molar refractivity (Wildman–Crippen MR) is 217 cm³/mol. The van der Waals surface area contributed by atoms with Crippen molar-refractivity contribution < 1.29 is 4.42 Å². The van der Waals surface area contributed by atoms with Crippen molar-refractivity contribution in [1.29, 1.82) is 0 Å². The number of fused-ring (bicyclic) bond motifs is 13. The molecule has 0 radical (unpaired) electrons. The third-order valence-electron chi connectivity index (χ3n) is 12.4. The Labute approximate surface area is 299 Å². The predicted octanol–water partition coefficient (Wildman–Crippen LogP) is 11.2. The van der Waals surface area contributed by atoms with Gasteiger partial charge in [0.15, 0.2) is 0 Å². The maximum atomic E-state index is 6.80. The first-order valence-electron chi connectivity index (χ1n) is 18.5. The summed E-state index contributed by atoms with van der Waals surface area (Å²) in [4.78, 5) is 2.72. The minimum absolute atomic E-state index is 0.0253. The first-order chi connectivity index (χ1) is 24.3. The molecule has 0 N–H and O–H groups in total. The number of furan rings is 1. The first-order valence-corrected chi connectivity index (χ1v) is 18.5. The molecule has 0 spiro atoms. The van der Waals surface area contributed by atoms with Crippen LogP contribution in [0, 0.1) is 0 Å². The van der Waals surface area contributed by atoms with Crippen LogP contribution in [0.25, 0.3) is 60.6 Å². The molecule has 4 heteroatoms. The molecule has 0 saturated heterocycles.